The maximum absolute atomic E-state index is 14.0. The second-order valence-corrected chi connectivity index (χ2v) is 17.2. The molecule has 2 aliphatic heterocycles. The van der Waals surface area contributed by atoms with Crippen molar-refractivity contribution in [2.24, 2.45) is 5.92 Å². The molecular weight excluding hydrogens is 749 g/mol. The van der Waals surface area contributed by atoms with Crippen LogP contribution in [0.25, 0.3) is 11.3 Å². The van der Waals surface area contributed by atoms with Crippen molar-refractivity contribution < 1.29 is 28.7 Å². The van der Waals surface area contributed by atoms with E-state index >= 15 is 0 Å². The number of nitrogens with zero attached hydrogens (tertiary/aromatic N) is 4. The molecule has 9 rings (SSSR count). The minimum Gasteiger partial charge on any atom is -0.453 e. The fourth-order valence-corrected chi connectivity index (χ4v) is 10.2. The maximum Gasteiger partial charge on any atom is 0.407 e. The molecule has 4 amide bonds. The van der Waals surface area contributed by atoms with Crippen molar-refractivity contribution in [3.8, 4) is 11.3 Å². The van der Waals surface area contributed by atoms with Crippen LogP contribution in [0.4, 0.5) is 9.59 Å². The number of alkyl carbamates (subject to hydrolysis) is 2. The zero-order valence-corrected chi connectivity index (χ0v) is 34.5. The average molecular weight is 805 g/mol. The fourth-order valence-electron chi connectivity index (χ4n) is 10.2. The minimum absolute atomic E-state index is 0.0472. The SMILES string of the molecule is COC(=O)N[C@@H](C(=O)N1CCC[C@H]1c1ncc(-c2ccc(C34CCC(c5cnc([C@@H]6CCCN6C(=O)[C@H](NC(=O)OC)C(C)C)[nH]5)(CC3)CC4)cc2)[nH]1)c1ccccc1. The van der Waals surface area contributed by atoms with Gasteiger partial charge >= 0.3 is 12.2 Å². The molecule has 14 nitrogen and oxygen atoms in total. The molecule has 2 saturated heterocycles. The smallest absolute Gasteiger partial charge is 0.407 e. The number of benzene rings is 2. The van der Waals surface area contributed by atoms with Gasteiger partial charge in [-0.05, 0) is 92.2 Å². The molecule has 3 aliphatic carbocycles. The number of imidazole rings is 2. The predicted molar refractivity (Wildman–Crippen MR) is 220 cm³/mol. The Kier molecular flexibility index (Phi) is 11.2. The van der Waals surface area contributed by atoms with Crippen LogP contribution in [0.15, 0.2) is 67.0 Å². The Morgan fingerprint density at radius 1 is 0.712 bits per heavy atom. The molecule has 14 heteroatoms. The molecule has 2 bridgehead atoms. The van der Waals surface area contributed by atoms with Gasteiger partial charge in [-0.2, -0.15) is 0 Å². The number of likely N-dealkylation sites (tertiary alicyclic amines) is 2. The molecular formula is C45H56N8O6. The third kappa shape index (κ3) is 7.69. The summed E-state index contributed by atoms with van der Waals surface area (Å²) in [6.45, 7) is 5.06. The van der Waals surface area contributed by atoms with Gasteiger partial charge in [0.2, 0.25) is 5.91 Å². The topological polar surface area (TPSA) is 175 Å². The molecule has 312 valence electrons. The molecule has 5 fully saturated rings. The lowest BCUT2D eigenvalue weighted by Crippen LogP contribution is -2.51. The summed E-state index contributed by atoms with van der Waals surface area (Å²) < 4.78 is 9.65. The molecule has 5 aliphatic rings. The summed E-state index contributed by atoms with van der Waals surface area (Å²) >= 11 is 0. The number of rotatable bonds is 11. The van der Waals surface area contributed by atoms with Crippen LogP contribution in [-0.2, 0) is 29.9 Å². The van der Waals surface area contributed by atoms with Crippen molar-refractivity contribution in [2.75, 3.05) is 27.3 Å². The summed E-state index contributed by atoms with van der Waals surface area (Å²) in [6, 6.07) is 16.3. The first kappa shape index (κ1) is 40.1. The van der Waals surface area contributed by atoms with Crippen LogP contribution in [0.2, 0.25) is 0 Å². The van der Waals surface area contributed by atoms with Crippen molar-refractivity contribution in [3.63, 3.8) is 0 Å². The maximum atomic E-state index is 14.0. The van der Waals surface area contributed by atoms with Gasteiger partial charge in [0, 0.05) is 30.4 Å². The zero-order chi connectivity index (χ0) is 41.3. The van der Waals surface area contributed by atoms with Crippen LogP contribution in [0.5, 0.6) is 0 Å². The first-order valence-corrected chi connectivity index (χ1v) is 21.1. The summed E-state index contributed by atoms with van der Waals surface area (Å²) in [7, 11) is 2.60. The molecule has 3 saturated carbocycles. The number of nitrogens with one attached hydrogen (secondary N) is 4. The number of aromatic nitrogens is 4. The first-order valence-electron chi connectivity index (χ1n) is 21.1. The Hall–Kier alpha value is -5.66. The summed E-state index contributed by atoms with van der Waals surface area (Å²) in [5.74, 6) is 1.19. The molecule has 4 atom stereocenters. The van der Waals surface area contributed by atoms with Crippen LogP contribution in [-0.4, -0.2) is 87.1 Å². The predicted octanol–water partition coefficient (Wildman–Crippen LogP) is 7.15. The fraction of sp³-hybridized carbons (Fsp3) is 0.511. The second kappa shape index (κ2) is 16.5. The first-order chi connectivity index (χ1) is 28.5. The Bertz CT molecular complexity index is 2120. The van der Waals surface area contributed by atoms with Crippen LogP contribution < -0.4 is 10.6 Å². The number of carbonyl (C=O) groups is 4. The van der Waals surface area contributed by atoms with Gasteiger partial charge in [0.1, 0.15) is 23.7 Å². The van der Waals surface area contributed by atoms with Crippen molar-refractivity contribution in [1.82, 2.24) is 40.4 Å². The number of hydrogen-bond acceptors (Lipinski definition) is 8. The Morgan fingerprint density at radius 2 is 1.27 bits per heavy atom. The number of H-pyrrole nitrogens is 2. The number of methoxy groups -OCH3 is 2. The van der Waals surface area contributed by atoms with Crippen LogP contribution >= 0.6 is 0 Å². The summed E-state index contributed by atoms with van der Waals surface area (Å²) in [5, 5.41) is 5.47. The lowest BCUT2D eigenvalue weighted by Gasteiger charge is -2.53. The lowest BCUT2D eigenvalue weighted by atomic mass is 9.51. The summed E-state index contributed by atoms with van der Waals surface area (Å²) in [4.78, 5) is 72.5. The second-order valence-electron chi connectivity index (χ2n) is 17.2. The highest BCUT2D eigenvalue weighted by molar-refractivity contribution is 5.88. The van der Waals surface area contributed by atoms with E-state index in [1.54, 1.807) is 0 Å². The molecule has 0 radical (unpaired) electrons. The van der Waals surface area contributed by atoms with E-state index in [-0.39, 0.29) is 40.6 Å². The number of aromatic amines is 2. The van der Waals surface area contributed by atoms with E-state index in [1.165, 1.54) is 25.5 Å². The van der Waals surface area contributed by atoms with Crippen molar-refractivity contribution >= 4 is 24.0 Å². The highest BCUT2D eigenvalue weighted by atomic mass is 16.5. The number of ether oxygens (including phenoxy) is 2. The van der Waals surface area contributed by atoms with Gasteiger partial charge in [-0.15, -0.1) is 0 Å². The van der Waals surface area contributed by atoms with E-state index < -0.39 is 24.3 Å². The van der Waals surface area contributed by atoms with Gasteiger partial charge in [0.15, 0.2) is 0 Å². The zero-order valence-electron chi connectivity index (χ0n) is 34.5. The quantitative estimate of drug-likeness (QED) is 0.124. The number of carbonyl (C=O) groups excluding carboxylic acids is 4. The van der Waals surface area contributed by atoms with Gasteiger partial charge in [-0.25, -0.2) is 19.6 Å². The highest BCUT2D eigenvalue weighted by Gasteiger charge is 2.51. The van der Waals surface area contributed by atoms with Gasteiger partial charge in [-0.3, -0.25) is 9.59 Å². The van der Waals surface area contributed by atoms with E-state index in [0.717, 1.165) is 87.1 Å². The number of hydrogen-bond donors (Lipinski definition) is 4. The molecule has 4 aromatic rings. The summed E-state index contributed by atoms with van der Waals surface area (Å²) in [6.07, 6.45) is 12.4. The average Bonchev–Trinajstić information content (AvgIpc) is 4.12. The Labute approximate surface area is 345 Å². The third-order valence-corrected chi connectivity index (χ3v) is 13.7. The molecule has 2 aromatic heterocycles. The molecule has 59 heavy (non-hydrogen) atoms. The largest absolute Gasteiger partial charge is 0.453 e. The van der Waals surface area contributed by atoms with E-state index in [4.69, 9.17) is 19.4 Å². The van der Waals surface area contributed by atoms with Gasteiger partial charge in [0.25, 0.3) is 5.91 Å². The third-order valence-electron chi connectivity index (χ3n) is 13.7. The lowest BCUT2D eigenvalue weighted by molar-refractivity contribution is -0.135. The van der Waals surface area contributed by atoms with Crippen molar-refractivity contribution in [3.05, 3.63) is 95.5 Å². The van der Waals surface area contributed by atoms with Crippen LogP contribution in [0.1, 0.15) is 125 Å². The van der Waals surface area contributed by atoms with E-state index in [0.29, 0.717) is 18.7 Å². The van der Waals surface area contributed by atoms with E-state index in [1.807, 2.05) is 66.4 Å². The highest BCUT2D eigenvalue weighted by Crippen LogP contribution is 2.58. The normalized spacial score (nSPS) is 24.8. The van der Waals surface area contributed by atoms with E-state index in [9.17, 15) is 19.2 Å². The van der Waals surface area contributed by atoms with Crippen molar-refractivity contribution in [1.29, 1.82) is 0 Å². The standard InChI is InChI=1S/C45H56N8O6/c1-28(2)36(50-42(56)58-3)40(54)52-24-9-13-34(52)39-47-27-35(49-39)45-21-18-44(19-22-45,20-23-45)31-16-14-29(15-17-31)32-26-46-38(48-32)33-12-8-25-53(33)41(55)37(51-43(57)59-4)30-10-6-5-7-11-30/h5-7,10-11,14-17,26-28,33-34,36-37H,8-9,12-13,18-25H2,1-4H3,(H,46,48)(H,47,49)(H,50,56)(H,51,57)/t33-,34-,36+,37+,44?,45?/m0/s1. The minimum atomic E-state index is -0.866. The van der Waals surface area contributed by atoms with Gasteiger partial charge < -0.3 is 39.9 Å². The molecule has 0 spiro atoms. The van der Waals surface area contributed by atoms with Gasteiger partial charge in [-0.1, -0.05) is 68.4 Å². The molecule has 4 N–H and O–H groups in total. The number of amides is 4. The Morgan fingerprint density at radius 3 is 1.88 bits per heavy atom. The van der Waals surface area contributed by atoms with Crippen LogP contribution in [0.3, 0.4) is 0 Å². The Balaban J connectivity index is 0.917. The monoisotopic (exact) mass is 804 g/mol. The molecule has 0 unspecified atom stereocenters. The summed E-state index contributed by atoms with van der Waals surface area (Å²) in [5.41, 5.74) is 5.37. The molecule has 4 heterocycles. The van der Waals surface area contributed by atoms with Crippen LogP contribution in [0, 0.1) is 5.92 Å². The number of fused-ring (bicyclic) bond motifs is 3. The van der Waals surface area contributed by atoms with Crippen molar-refractivity contribution in [2.45, 2.75) is 113 Å². The molecule has 2 aromatic carbocycles. The van der Waals surface area contributed by atoms with Gasteiger partial charge in [0.05, 0.1) is 38.2 Å². The van der Waals surface area contributed by atoms with E-state index in [2.05, 4.69) is 44.9 Å².